The summed E-state index contributed by atoms with van der Waals surface area (Å²) in [7, 11) is 3.78. The van der Waals surface area contributed by atoms with Crippen LogP contribution in [0.25, 0.3) is 0 Å². The Morgan fingerprint density at radius 1 is 0.782 bits per heavy atom. The largest absolute Gasteiger partial charge is 0.507 e. The fraction of sp³-hybridized carbons (Fsp3) is 0.650. The van der Waals surface area contributed by atoms with Crippen molar-refractivity contribution in [3.8, 4) is 17.2 Å². The Morgan fingerprint density at radius 3 is 2.07 bits per heavy atom. The number of carbonyl (C=O) groups is 2. The minimum Gasteiger partial charge on any atom is -0.507 e. The maximum Gasteiger partial charge on any atom is 0.202 e. The number of aliphatic hydroxyl groups is 3. The van der Waals surface area contributed by atoms with Gasteiger partial charge in [-0.25, -0.2) is 0 Å². The maximum atomic E-state index is 13.8. The van der Waals surface area contributed by atoms with Crippen molar-refractivity contribution in [1.82, 2.24) is 4.90 Å². The van der Waals surface area contributed by atoms with Gasteiger partial charge >= 0.3 is 0 Å². The van der Waals surface area contributed by atoms with Gasteiger partial charge in [0.15, 0.2) is 24.7 Å². The van der Waals surface area contributed by atoms with E-state index in [1.54, 1.807) is 20.8 Å². The molecular weight excluding hydrogens is 718 g/mol. The third-order valence-electron chi connectivity index (χ3n) is 12.1. The van der Waals surface area contributed by atoms with Crippen LogP contribution in [0, 0.1) is 0 Å². The molecule has 0 saturated carbocycles. The molecule has 0 radical (unpaired) electrons. The molecule has 15 nitrogen and oxygen atoms in total. The Labute approximate surface area is 319 Å². The first-order valence-corrected chi connectivity index (χ1v) is 19.2. The highest BCUT2D eigenvalue weighted by atomic mass is 16.7. The monoisotopic (exact) mass is 771 g/mol. The number of ketones is 2. The van der Waals surface area contributed by atoms with Gasteiger partial charge in [0.25, 0.3) is 0 Å². The summed E-state index contributed by atoms with van der Waals surface area (Å²) in [6, 6.07) is 3.77. The van der Waals surface area contributed by atoms with Crippen LogP contribution in [-0.2, 0) is 34.8 Å². The van der Waals surface area contributed by atoms with E-state index >= 15 is 0 Å². The number of fused-ring (bicyclic) bond motifs is 3. The SMILES string of the molecule is CCC1(O)Cc2c(O)c3c(c(O)c2C(OC2CC(N(C)C)C(OC4CC(O)C(OC5CCC(O)C(C)O5)C(C)O4)C(C)O2)C1)C(=O)c1c(O)cccc1C3=O. The molecule has 2 aromatic rings. The van der Waals surface area contributed by atoms with Gasteiger partial charge in [0.05, 0.1) is 58.9 Å². The summed E-state index contributed by atoms with van der Waals surface area (Å²) in [5.41, 5.74) is -2.39. The van der Waals surface area contributed by atoms with E-state index < -0.39 is 102 Å². The van der Waals surface area contributed by atoms with Crippen molar-refractivity contribution in [2.45, 2.75) is 152 Å². The van der Waals surface area contributed by atoms with Crippen LogP contribution >= 0.6 is 0 Å². The molecule has 7 rings (SSSR count). The molecule has 0 bridgehead atoms. The van der Waals surface area contributed by atoms with Crippen molar-refractivity contribution in [2.24, 2.45) is 0 Å². The van der Waals surface area contributed by atoms with Crippen LogP contribution in [0.5, 0.6) is 17.2 Å². The van der Waals surface area contributed by atoms with Crippen LogP contribution < -0.4 is 0 Å². The summed E-state index contributed by atoms with van der Waals surface area (Å²) >= 11 is 0. The smallest absolute Gasteiger partial charge is 0.202 e. The molecular formula is C40H53NO14. The van der Waals surface area contributed by atoms with Crippen LogP contribution in [0.3, 0.4) is 0 Å². The third-order valence-corrected chi connectivity index (χ3v) is 12.1. The number of benzene rings is 2. The van der Waals surface area contributed by atoms with Crippen molar-refractivity contribution >= 4 is 11.6 Å². The van der Waals surface area contributed by atoms with E-state index in [-0.39, 0.29) is 72.1 Å². The van der Waals surface area contributed by atoms with Crippen LogP contribution in [0.1, 0.15) is 115 Å². The van der Waals surface area contributed by atoms with Gasteiger partial charge < -0.3 is 64.0 Å². The van der Waals surface area contributed by atoms with Gasteiger partial charge in [-0.05, 0) is 53.8 Å². The van der Waals surface area contributed by atoms with E-state index in [0.29, 0.717) is 12.8 Å². The third kappa shape index (κ3) is 7.29. The number of phenolic OH excluding ortho intramolecular Hbond substituents is 3. The molecule has 3 fully saturated rings. The molecule has 13 atom stereocenters. The summed E-state index contributed by atoms with van der Waals surface area (Å²) in [6.45, 7) is 7.19. The molecule has 5 aliphatic rings. The molecule has 55 heavy (non-hydrogen) atoms. The lowest BCUT2D eigenvalue weighted by atomic mass is 9.72. The molecule has 3 aliphatic heterocycles. The van der Waals surface area contributed by atoms with Crippen LogP contribution in [0.15, 0.2) is 18.2 Å². The summed E-state index contributed by atoms with van der Waals surface area (Å²) in [6.07, 6.45) is -5.89. The van der Waals surface area contributed by atoms with Gasteiger partial charge in [-0.2, -0.15) is 0 Å². The van der Waals surface area contributed by atoms with Gasteiger partial charge in [0.1, 0.15) is 29.5 Å². The zero-order valence-electron chi connectivity index (χ0n) is 32.0. The lowest BCUT2D eigenvalue weighted by Crippen LogP contribution is -2.58. The molecule has 3 heterocycles. The number of nitrogens with zero attached hydrogens (tertiary/aromatic N) is 1. The zero-order valence-corrected chi connectivity index (χ0v) is 32.0. The van der Waals surface area contributed by atoms with E-state index in [9.17, 15) is 40.2 Å². The Bertz CT molecular complexity index is 1790. The lowest BCUT2D eigenvalue weighted by Gasteiger charge is -2.47. The highest BCUT2D eigenvalue weighted by Crippen LogP contribution is 2.53. The normalized spacial score (nSPS) is 37.7. The zero-order chi connectivity index (χ0) is 39.7. The second kappa shape index (κ2) is 15.3. The number of hydrogen-bond acceptors (Lipinski definition) is 15. The highest BCUT2D eigenvalue weighted by molar-refractivity contribution is 6.31. The predicted molar refractivity (Wildman–Crippen MR) is 193 cm³/mol. The Balaban J connectivity index is 1.10. The topological polar surface area (TPSA) is 214 Å². The van der Waals surface area contributed by atoms with Crippen LogP contribution in [-0.4, -0.2) is 134 Å². The van der Waals surface area contributed by atoms with E-state index in [1.165, 1.54) is 18.2 Å². The minimum atomic E-state index is -1.39. The van der Waals surface area contributed by atoms with E-state index in [1.807, 2.05) is 25.9 Å². The number of ether oxygens (including phenoxy) is 6. The average Bonchev–Trinajstić information content (AvgIpc) is 3.12. The fourth-order valence-electron chi connectivity index (χ4n) is 8.91. The van der Waals surface area contributed by atoms with Gasteiger partial charge in [-0.3, -0.25) is 9.59 Å². The summed E-state index contributed by atoms with van der Waals surface area (Å²) < 4.78 is 37.5. The van der Waals surface area contributed by atoms with Crippen LogP contribution in [0.4, 0.5) is 0 Å². The number of likely N-dealkylation sites (N-methyl/N-ethyl adjacent to an activating group) is 1. The molecule has 0 amide bonds. The van der Waals surface area contributed by atoms with Gasteiger partial charge in [0.2, 0.25) is 5.78 Å². The molecule has 15 heteroatoms. The minimum absolute atomic E-state index is 0.00657. The van der Waals surface area contributed by atoms with Crippen molar-refractivity contribution in [3.63, 3.8) is 0 Å². The Morgan fingerprint density at radius 2 is 1.42 bits per heavy atom. The summed E-state index contributed by atoms with van der Waals surface area (Å²) in [4.78, 5) is 29.4. The molecule has 13 unspecified atom stereocenters. The molecule has 2 aliphatic carbocycles. The molecule has 0 aromatic heterocycles. The second-order valence-electron chi connectivity index (χ2n) is 16.0. The predicted octanol–water partition coefficient (Wildman–Crippen LogP) is 2.94. The summed E-state index contributed by atoms with van der Waals surface area (Å²) in [5.74, 6) is -3.06. The quantitative estimate of drug-likeness (QED) is 0.182. The van der Waals surface area contributed by atoms with Crippen molar-refractivity contribution < 1.29 is 68.6 Å². The molecule has 3 saturated heterocycles. The lowest BCUT2D eigenvalue weighted by molar-refractivity contribution is -0.328. The van der Waals surface area contributed by atoms with E-state index in [4.69, 9.17) is 28.4 Å². The first-order valence-electron chi connectivity index (χ1n) is 19.2. The van der Waals surface area contributed by atoms with Crippen molar-refractivity contribution in [3.05, 3.63) is 51.6 Å². The molecule has 2 aromatic carbocycles. The maximum absolute atomic E-state index is 13.8. The van der Waals surface area contributed by atoms with Crippen LogP contribution in [0.2, 0.25) is 0 Å². The van der Waals surface area contributed by atoms with Crippen molar-refractivity contribution in [2.75, 3.05) is 14.1 Å². The number of rotatable bonds is 8. The number of aromatic hydroxyl groups is 3. The Kier molecular flexibility index (Phi) is 11.1. The van der Waals surface area contributed by atoms with Crippen molar-refractivity contribution in [1.29, 1.82) is 0 Å². The van der Waals surface area contributed by atoms with Gasteiger partial charge in [-0.1, -0.05) is 19.1 Å². The number of phenols is 3. The number of aliphatic hydroxyl groups excluding tert-OH is 2. The van der Waals surface area contributed by atoms with Gasteiger partial charge in [0, 0.05) is 54.8 Å². The first-order chi connectivity index (χ1) is 26.0. The fourth-order valence-corrected chi connectivity index (χ4v) is 8.91. The van der Waals surface area contributed by atoms with E-state index in [2.05, 4.69) is 0 Å². The Hall–Kier alpha value is -3.22. The van der Waals surface area contributed by atoms with E-state index in [0.717, 1.165) is 0 Å². The number of carbonyl (C=O) groups excluding carboxylic acids is 2. The molecule has 0 spiro atoms. The molecule has 302 valence electrons. The summed E-state index contributed by atoms with van der Waals surface area (Å²) in [5, 5.41) is 66.7. The first kappa shape index (κ1) is 40.0. The molecule has 6 N–H and O–H groups in total. The van der Waals surface area contributed by atoms with Gasteiger partial charge in [-0.15, -0.1) is 0 Å². The average molecular weight is 772 g/mol. The standard InChI is InChI=1S/C40H53NO14/c1-7-40(49)15-21-31(37(48)33-32(35(21)46)34(45)20-9-8-10-24(43)30(20)36(33)47)26(16-40)53-28-13-22(41(5)6)38(18(3)51-28)55-29-14-25(44)39(19(4)52-29)54-27-12-11-23(42)17(2)50-27/h8-10,17-19,22-23,25-29,38-39,42-44,46,48-49H,7,11-16H2,1-6H3. The number of hydrogen-bond donors (Lipinski definition) is 6. The highest BCUT2D eigenvalue weighted by Gasteiger charge is 2.49. The second-order valence-corrected chi connectivity index (χ2v) is 16.0.